The molecule has 0 aliphatic rings. The smallest absolute Gasteiger partial charge is 0.331 e. The lowest BCUT2D eigenvalue weighted by molar-refractivity contribution is -0.132. The Hall–Kier alpha value is -2.68. The molecule has 0 aliphatic heterocycles. The molecule has 2 aromatic carbocycles. The molecule has 0 bridgehead atoms. The van der Waals surface area contributed by atoms with Crippen LogP contribution in [0.1, 0.15) is 22.8 Å². The summed E-state index contributed by atoms with van der Waals surface area (Å²) >= 11 is 0. The third-order valence-corrected chi connectivity index (χ3v) is 3.30. The third kappa shape index (κ3) is 3.66. The van der Waals surface area contributed by atoms with Gasteiger partial charge in [0.15, 0.2) is 5.78 Å². The van der Waals surface area contributed by atoms with Crippen LogP contribution >= 0.6 is 0 Å². The Bertz CT molecular complexity index is 679. The average molecular weight is 280 g/mol. The lowest BCUT2D eigenvalue weighted by atomic mass is 9.99. The fourth-order valence-electron chi connectivity index (χ4n) is 2.03. The van der Waals surface area contributed by atoms with Crippen LogP contribution in [0, 0.1) is 0 Å². The molecule has 106 valence electrons. The van der Waals surface area contributed by atoms with Crippen molar-refractivity contribution >= 4 is 11.8 Å². The van der Waals surface area contributed by atoms with Crippen LogP contribution in [0.15, 0.2) is 60.7 Å². The number of rotatable bonds is 5. The van der Waals surface area contributed by atoms with E-state index in [9.17, 15) is 9.59 Å². The van der Waals surface area contributed by atoms with Crippen molar-refractivity contribution in [3.8, 4) is 11.1 Å². The fraction of sp³-hybridized carbons (Fsp3) is 0.111. The summed E-state index contributed by atoms with van der Waals surface area (Å²) in [6, 6.07) is 15.1. The van der Waals surface area contributed by atoms with Gasteiger partial charge in [0.25, 0.3) is 0 Å². The van der Waals surface area contributed by atoms with Gasteiger partial charge in [-0.05, 0) is 23.6 Å². The second-order valence-electron chi connectivity index (χ2n) is 4.92. The van der Waals surface area contributed by atoms with E-state index in [2.05, 4.69) is 6.58 Å². The molecule has 0 radical (unpaired) electrons. The van der Waals surface area contributed by atoms with Gasteiger partial charge in [-0.2, -0.15) is 0 Å². The van der Waals surface area contributed by atoms with Gasteiger partial charge in [-0.25, -0.2) is 4.79 Å². The normalized spacial score (nSPS) is 10.1. The average Bonchev–Trinajstić information content (AvgIpc) is 2.48. The number of ketones is 1. The van der Waals surface area contributed by atoms with Gasteiger partial charge in [0, 0.05) is 17.6 Å². The van der Waals surface area contributed by atoms with E-state index in [1.165, 1.54) is 0 Å². The molecular weight excluding hydrogens is 264 g/mol. The SMILES string of the molecule is C=C(Cc1ccc(-c2ccc(C(C)=O)cc2)cc1)C(=O)O. The van der Waals surface area contributed by atoms with Crippen molar-refractivity contribution in [1.82, 2.24) is 0 Å². The maximum atomic E-state index is 11.2. The predicted octanol–water partition coefficient (Wildman–Crippen LogP) is 3.74. The molecule has 0 aromatic heterocycles. The Labute approximate surface area is 123 Å². The summed E-state index contributed by atoms with van der Waals surface area (Å²) in [5, 5.41) is 8.82. The van der Waals surface area contributed by atoms with E-state index in [1.54, 1.807) is 19.1 Å². The molecule has 21 heavy (non-hydrogen) atoms. The van der Waals surface area contributed by atoms with Crippen LogP contribution in [-0.2, 0) is 11.2 Å². The van der Waals surface area contributed by atoms with Gasteiger partial charge in [-0.15, -0.1) is 0 Å². The van der Waals surface area contributed by atoms with Gasteiger partial charge in [0.05, 0.1) is 0 Å². The first-order valence-corrected chi connectivity index (χ1v) is 6.59. The van der Waals surface area contributed by atoms with Crippen molar-refractivity contribution in [2.45, 2.75) is 13.3 Å². The first-order valence-electron chi connectivity index (χ1n) is 6.59. The minimum atomic E-state index is -0.973. The number of benzene rings is 2. The molecule has 0 atom stereocenters. The second-order valence-corrected chi connectivity index (χ2v) is 4.92. The number of hydrogen-bond acceptors (Lipinski definition) is 2. The van der Waals surface area contributed by atoms with E-state index in [0.717, 1.165) is 16.7 Å². The number of carbonyl (C=O) groups excluding carboxylic acids is 1. The van der Waals surface area contributed by atoms with Crippen molar-refractivity contribution in [1.29, 1.82) is 0 Å². The van der Waals surface area contributed by atoms with Crippen LogP contribution in [0.2, 0.25) is 0 Å². The molecule has 0 aliphatic carbocycles. The molecule has 0 unspecified atom stereocenters. The Morgan fingerprint density at radius 3 is 1.86 bits per heavy atom. The highest BCUT2D eigenvalue weighted by Crippen LogP contribution is 2.21. The van der Waals surface area contributed by atoms with Gasteiger partial charge in [0.1, 0.15) is 0 Å². The van der Waals surface area contributed by atoms with Gasteiger partial charge >= 0.3 is 5.97 Å². The molecule has 0 saturated carbocycles. The van der Waals surface area contributed by atoms with Gasteiger partial charge in [-0.1, -0.05) is 55.1 Å². The van der Waals surface area contributed by atoms with Gasteiger partial charge < -0.3 is 5.11 Å². The summed E-state index contributed by atoms with van der Waals surface area (Å²) in [5.41, 5.74) is 3.81. The van der Waals surface area contributed by atoms with Crippen molar-refractivity contribution < 1.29 is 14.7 Å². The molecule has 0 spiro atoms. The second kappa shape index (κ2) is 6.18. The maximum Gasteiger partial charge on any atom is 0.331 e. The molecule has 2 aromatic rings. The van der Waals surface area contributed by atoms with Crippen LogP contribution in [0.25, 0.3) is 11.1 Å². The van der Waals surface area contributed by atoms with E-state index in [1.807, 2.05) is 36.4 Å². The minimum Gasteiger partial charge on any atom is -0.478 e. The zero-order chi connectivity index (χ0) is 15.4. The summed E-state index contributed by atoms with van der Waals surface area (Å²) in [5.74, 6) is -0.928. The van der Waals surface area contributed by atoms with Crippen molar-refractivity contribution in [2.24, 2.45) is 0 Å². The molecule has 3 heteroatoms. The number of Topliss-reactive ketones (excluding diaryl/α,β-unsaturated/α-hetero) is 1. The number of carbonyl (C=O) groups is 2. The van der Waals surface area contributed by atoms with E-state index in [0.29, 0.717) is 12.0 Å². The lowest BCUT2D eigenvalue weighted by Gasteiger charge is -2.05. The zero-order valence-electron chi connectivity index (χ0n) is 11.8. The van der Waals surface area contributed by atoms with Crippen LogP contribution < -0.4 is 0 Å². The van der Waals surface area contributed by atoms with E-state index < -0.39 is 5.97 Å². The van der Waals surface area contributed by atoms with Crippen LogP contribution in [-0.4, -0.2) is 16.9 Å². The Balaban J connectivity index is 2.16. The van der Waals surface area contributed by atoms with Crippen LogP contribution in [0.5, 0.6) is 0 Å². The van der Waals surface area contributed by atoms with Crippen molar-refractivity contribution in [3.63, 3.8) is 0 Å². The number of carboxylic acids is 1. The Morgan fingerprint density at radius 1 is 0.952 bits per heavy atom. The molecular formula is C18H16O3. The monoisotopic (exact) mass is 280 g/mol. The molecule has 0 fully saturated rings. The molecule has 3 nitrogen and oxygen atoms in total. The summed E-state index contributed by atoms with van der Waals surface area (Å²) in [6.07, 6.45) is 0.332. The molecule has 1 N–H and O–H groups in total. The predicted molar refractivity (Wildman–Crippen MR) is 82.4 cm³/mol. The fourth-order valence-corrected chi connectivity index (χ4v) is 2.03. The molecule has 0 heterocycles. The lowest BCUT2D eigenvalue weighted by Crippen LogP contribution is -2.01. The molecule has 0 saturated heterocycles. The summed E-state index contributed by atoms with van der Waals surface area (Å²) < 4.78 is 0. The van der Waals surface area contributed by atoms with Crippen LogP contribution in [0.3, 0.4) is 0 Å². The van der Waals surface area contributed by atoms with E-state index in [4.69, 9.17) is 5.11 Å². The van der Waals surface area contributed by atoms with Crippen molar-refractivity contribution in [2.75, 3.05) is 0 Å². The Morgan fingerprint density at radius 2 is 1.43 bits per heavy atom. The maximum absolute atomic E-state index is 11.2. The highest BCUT2D eigenvalue weighted by Gasteiger charge is 2.06. The largest absolute Gasteiger partial charge is 0.478 e. The summed E-state index contributed by atoms with van der Waals surface area (Å²) in [7, 11) is 0. The summed E-state index contributed by atoms with van der Waals surface area (Å²) in [4.78, 5) is 22.0. The summed E-state index contributed by atoms with van der Waals surface area (Å²) in [6.45, 7) is 5.07. The molecule has 0 amide bonds. The van der Waals surface area contributed by atoms with Gasteiger partial charge in [0.2, 0.25) is 0 Å². The number of hydrogen-bond donors (Lipinski definition) is 1. The highest BCUT2D eigenvalue weighted by atomic mass is 16.4. The zero-order valence-corrected chi connectivity index (χ0v) is 11.8. The third-order valence-electron chi connectivity index (χ3n) is 3.30. The van der Waals surface area contributed by atoms with E-state index in [-0.39, 0.29) is 11.4 Å². The van der Waals surface area contributed by atoms with Crippen molar-refractivity contribution in [3.05, 3.63) is 71.8 Å². The number of aliphatic carboxylic acids is 1. The topological polar surface area (TPSA) is 54.4 Å². The van der Waals surface area contributed by atoms with Gasteiger partial charge in [-0.3, -0.25) is 4.79 Å². The highest BCUT2D eigenvalue weighted by molar-refractivity contribution is 5.94. The number of carboxylic acid groups (broad SMARTS) is 1. The molecule has 2 rings (SSSR count). The first kappa shape index (κ1) is 14.7. The first-order chi connectivity index (χ1) is 9.97. The quantitative estimate of drug-likeness (QED) is 0.670. The standard InChI is InChI=1S/C18H16O3/c1-12(18(20)21)11-14-3-5-16(6-4-14)17-9-7-15(8-10-17)13(2)19/h3-10H,1,11H2,2H3,(H,20,21). The minimum absolute atomic E-state index is 0.0454. The van der Waals surface area contributed by atoms with E-state index >= 15 is 0 Å². The van der Waals surface area contributed by atoms with Crippen LogP contribution in [0.4, 0.5) is 0 Å². The Kier molecular flexibility index (Phi) is 4.33.